The largest absolute Gasteiger partial charge is 0.506 e. The fourth-order valence-electron chi connectivity index (χ4n) is 1.78. The lowest BCUT2D eigenvalue weighted by atomic mass is 9.97. The molecule has 0 atom stereocenters. The standard InChI is InChI=1S/C11H14BrNO/c1-6-5-8(11(13)3-4-11)7(2)9(12)10(6)14/h5,14H,3-4,13H2,1-2H3. The first-order valence-electron chi connectivity index (χ1n) is 4.74. The first kappa shape index (κ1) is 9.99. The van der Waals surface area contributed by atoms with Gasteiger partial charge in [-0.3, -0.25) is 0 Å². The topological polar surface area (TPSA) is 46.2 Å². The lowest BCUT2D eigenvalue weighted by molar-refractivity contribution is 0.466. The average molecular weight is 256 g/mol. The van der Waals surface area contributed by atoms with Gasteiger partial charge in [0.2, 0.25) is 0 Å². The smallest absolute Gasteiger partial charge is 0.132 e. The number of benzene rings is 1. The zero-order valence-electron chi connectivity index (χ0n) is 8.39. The minimum atomic E-state index is -0.134. The number of aromatic hydroxyl groups is 1. The SMILES string of the molecule is Cc1cc(C2(N)CC2)c(C)c(Br)c1O. The third-order valence-corrected chi connectivity index (χ3v) is 3.97. The van der Waals surface area contributed by atoms with Crippen LogP contribution < -0.4 is 5.73 Å². The molecule has 0 bridgehead atoms. The van der Waals surface area contributed by atoms with Crippen LogP contribution in [0.2, 0.25) is 0 Å². The molecule has 2 rings (SSSR count). The summed E-state index contributed by atoms with van der Waals surface area (Å²) < 4.78 is 0.782. The Labute approximate surface area is 92.3 Å². The Morgan fingerprint density at radius 3 is 2.50 bits per heavy atom. The molecule has 0 amide bonds. The third kappa shape index (κ3) is 1.35. The highest BCUT2D eigenvalue weighted by molar-refractivity contribution is 9.10. The summed E-state index contributed by atoms with van der Waals surface area (Å²) in [7, 11) is 0. The minimum Gasteiger partial charge on any atom is -0.506 e. The summed E-state index contributed by atoms with van der Waals surface area (Å²) in [5.74, 6) is 0.329. The Morgan fingerprint density at radius 1 is 1.43 bits per heavy atom. The van der Waals surface area contributed by atoms with Crippen molar-refractivity contribution in [2.75, 3.05) is 0 Å². The molecule has 2 nitrogen and oxygen atoms in total. The van der Waals surface area contributed by atoms with Crippen LogP contribution in [0.15, 0.2) is 10.5 Å². The van der Waals surface area contributed by atoms with Gasteiger partial charge in [0.1, 0.15) is 5.75 Å². The van der Waals surface area contributed by atoms with E-state index in [1.807, 2.05) is 19.9 Å². The second-order valence-electron chi connectivity index (χ2n) is 4.18. The van der Waals surface area contributed by atoms with Crippen LogP contribution in [-0.2, 0) is 5.54 Å². The van der Waals surface area contributed by atoms with Gasteiger partial charge in [0.15, 0.2) is 0 Å². The molecule has 0 saturated heterocycles. The van der Waals surface area contributed by atoms with Crippen LogP contribution in [0.4, 0.5) is 0 Å². The monoisotopic (exact) mass is 255 g/mol. The predicted octanol–water partition coefficient (Wildman–Crippen LogP) is 2.72. The van der Waals surface area contributed by atoms with E-state index in [1.54, 1.807) is 0 Å². The first-order valence-corrected chi connectivity index (χ1v) is 5.53. The maximum atomic E-state index is 9.71. The van der Waals surface area contributed by atoms with E-state index >= 15 is 0 Å². The highest BCUT2D eigenvalue weighted by atomic mass is 79.9. The maximum absolute atomic E-state index is 9.71. The summed E-state index contributed by atoms with van der Waals surface area (Å²) in [5, 5.41) is 9.71. The summed E-state index contributed by atoms with van der Waals surface area (Å²) in [4.78, 5) is 0. The third-order valence-electron chi connectivity index (χ3n) is 3.00. The zero-order valence-corrected chi connectivity index (χ0v) is 9.98. The predicted molar refractivity (Wildman–Crippen MR) is 60.4 cm³/mol. The number of phenolic OH excluding ortho intramolecular Hbond substituents is 1. The summed E-state index contributed by atoms with van der Waals surface area (Å²) in [6, 6.07) is 2.00. The van der Waals surface area contributed by atoms with Crippen LogP contribution in [0.5, 0.6) is 5.75 Å². The van der Waals surface area contributed by atoms with E-state index in [2.05, 4.69) is 15.9 Å². The molecule has 0 unspecified atom stereocenters. The molecule has 1 aromatic rings. The fraction of sp³-hybridized carbons (Fsp3) is 0.455. The van der Waals surface area contributed by atoms with E-state index in [0.717, 1.165) is 28.4 Å². The molecule has 0 spiro atoms. The van der Waals surface area contributed by atoms with Crippen molar-refractivity contribution < 1.29 is 5.11 Å². The Bertz CT molecular complexity index is 397. The number of nitrogens with two attached hydrogens (primary N) is 1. The van der Waals surface area contributed by atoms with Crippen LogP contribution >= 0.6 is 15.9 Å². The van der Waals surface area contributed by atoms with Crippen LogP contribution in [0.25, 0.3) is 0 Å². The molecule has 0 aliphatic heterocycles. The van der Waals surface area contributed by atoms with Gasteiger partial charge in [0, 0.05) is 5.54 Å². The van der Waals surface area contributed by atoms with Crippen molar-refractivity contribution in [1.29, 1.82) is 0 Å². The lowest BCUT2D eigenvalue weighted by Crippen LogP contribution is -2.20. The number of rotatable bonds is 1. The van der Waals surface area contributed by atoms with Crippen molar-refractivity contribution in [2.24, 2.45) is 5.73 Å². The molecule has 1 fully saturated rings. The number of hydrogen-bond acceptors (Lipinski definition) is 2. The van der Waals surface area contributed by atoms with E-state index < -0.39 is 0 Å². The van der Waals surface area contributed by atoms with Gasteiger partial charge in [-0.05, 0) is 59.3 Å². The molecule has 0 heterocycles. The molecule has 3 N–H and O–H groups in total. The number of aryl methyl sites for hydroxylation is 1. The van der Waals surface area contributed by atoms with E-state index in [-0.39, 0.29) is 5.54 Å². The van der Waals surface area contributed by atoms with Crippen molar-refractivity contribution in [3.8, 4) is 5.75 Å². The highest BCUT2D eigenvalue weighted by Gasteiger charge is 2.41. The summed E-state index contributed by atoms with van der Waals surface area (Å²) >= 11 is 3.40. The Hall–Kier alpha value is -0.540. The van der Waals surface area contributed by atoms with Crippen molar-refractivity contribution in [2.45, 2.75) is 32.2 Å². The summed E-state index contributed by atoms with van der Waals surface area (Å²) in [6.07, 6.45) is 2.09. The van der Waals surface area contributed by atoms with Gasteiger partial charge in [-0.1, -0.05) is 6.07 Å². The van der Waals surface area contributed by atoms with E-state index in [0.29, 0.717) is 5.75 Å². The molecular formula is C11H14BrNO. The molecular weight excluding hydrogens is 242 g/mol. The second kappa shape index (κ2) is 2.97. The van der Waals surface area contributed by atoms with Gasteiger partial charge in [0.05, 0.1) is 4.47 Å². The van der Waals surface area contributed by atoms with Gasteiger partial charge in [-0.25, -0.2) is 0 Å². The molecule has 1 aromatic carbocycles. The second-order valence-corrected chi connectivity index (χ2v) is 4.98. The highest BCUT2D eigenvalue weighted by Crippen LogP contribution is 2.47. The van der Waals surface area contributed by atoms with Crippen molar-refractivity contribution >= 4 is 15.9 Å². The summed E-state index contributed by atoms with van der Waals surface area (Å²) in [5.41, 5.74) is 9.13. The van der Waals surface area contributed by atoms with Crippen LogP contribution in [0.3, 0.4) is 0 Å². The summed E-state index contributed by atoms with van der Waals surface area (Å²) in [6.45, 7) is 3.89. The van der Waals surface area contributed by atoms with E-state index in [4.69, 9.17) is 5.73 Å². The molecule has 14 heavy (non-hydrogen) atoms. The molecule has 1 aliphatic carbocycles. The van der Waals surface area contributed by atoms with E-state index in [1.165, 1.54) is 5.56 Å². The molecule has 76 valence electrons. The Morgan fingerprint density at radius 2 is 2.00 bits per heavy atom. The van der Waals surface area contributed by atoms with Gasteiger partial charge < -0.3 is 10.8 Å². The van der Waals surface area contributed by atoms with Gasteiger partial charge >= 0.3 is 0 Å². The van der Waals surface area contributed by atoms with Crippen molar-refractivity contribution in [1.82, 2.24) is 0 Å². The van der Waals surface area contributed by atoms with Gasteiger partial charge in [-0.2, -0.15) is 0 Å². The molecule has 3 heteroatoms. The van der Waals surface area contributed by atoms with Gasteiger partial charge in [0.25, 0.3) is 0 Å². The lowest BCUT2D eigenvalue weighted by Gasteiger charge is -2.16. The van der Waals surface area contributed by atoms with Crippen LogP contribution in [-0.4, -0.2) is 5.11 Å². The molecule has 1 saturated carbocycles. The van der Waals surface area contributed by atoms with Crippen molar-refractivity contribution in [3.05, 3.63) is 27.2 Å². The number of hydrogen-bond donors (Lipinski definition) is 2. The van der Waals surface area contributed by atoms with Gasteiger partial charge in [-0.15, -0.1) is 0 Å². The van der Waals surface area contributed by atoms with Crippen molar-refractivity contribution in [3.63, 3.8) is 0 Å². The molecule has 1 aliphatic rings. The first-order chi connectivity index (χ1) is 6.46. The van der Waals surface area contributed by atoms with E-state index in [9.17, 15) is 5.11 Å². The van der Waals surface area contributed by atoms with Crippen LogP contribution in [0.1, 0.15) is 29.5 Å². The van der Waals surface area contributed by atoms with Crippen LogP contribution in [0, 0.1) is 13.8 Å². The Kier molecular flexibility index (Phi) is 2.12. The normalized spacial score (nSPS) is 18.3. The molecule has 0 aromatic heterocycles. The quantitative estimate of drug-likeness (QED) is 0.811. The Balaban J connectivity index is 2.62. The fourth-order valence-corrected chi connectivity index (χ4v) is 2.31. The average Bonchev–Trinajstić information content (AvgIpc) is 2.87. The number of phenols is 1. The maximum Gasteiger partial charge on any atom is 0.132 e. The minimum absolute atomic E-state index is 0.134. The zero-order chi connectivity index (χ0) is 10.5. The number of halogens is 1. The molecule has 0 radical (unpaired) electrons.